The molecule has 0 radical (unpaired) electrons. The van der Waals surface area contributed by atoms with Crippen LogP contribution in [0.3, 0.4) is 0 Å². The smallest absolute Gasteiger partial charge is 0.263 e. The summed E-state index contributed by atoms with van der Waals surface area (Å²) in [5, 5.41) is 4.63. The van der Waals surface area contributed by atoms with Gasteiger partial charge in [0.15, 0.2) is 0 Å². The molecule has 0 spiro atoms. The lowest BCUT2D eigenvalue weighted by Gasteiger charge is -2.10. The van der Waals surface area contributed by atoms with E-state index in [0.717, 1.165) is 0 Å². The van der Waals surface area contributed by atoms with Crippen molar-refractivity contribution in [3.05, 3.63) is 16.3 Å². The molecule has 0 aromatic carbocycles. The van der Waals surface area contributed by atoms with Gasteiger partial charge in [0.1, 0.15) is 4.88 Å². The maximum atomic E-state index is 11.6. The molecule has 0 bridgehead atoms. The first-order valence-corrected chi connectivity index (χ1v) is 5.63. The van der Waals surface area contributed by atoms with E-state index in [-0.39, 0.29) is 5.91 Å². The Balaban J connectivity index is 2.40. The predicted octanol–water partition coefficient (Wildman–Crippen LogP) is 1.34. The van der Waals surface area contributed by atoms with Crippen LogP contribution >= 0.6 is 11.3 Å². The molecular weight excluding hydrogens is 212 g/mol. The van der Waals surface area contributed by atoms with Gasteiger partial charge in [-0.25, -0.2) is 0 Å². The molecule has 0 fully saturated rings. The van der Waals surface area contributed by atoms with E-state index in [9.17, 15) is 4.79 Å². The molecule has 1 amide bonds. The van der Waals surface area contributed by atoms with Gasteiger partial charge in [0.25, 0.3) is 5.91 Å². The maximum Gasteiger partial charge on any atom is 0.263 e. The zero-order chi connectivity index (χ0) is 11.3. The highest BCUT2D eigenvalue weighted by molar-refractivity contribution is 7.12. The fourth-order valence-electron chi connectivity index (χ4n) is 1.19. The summed E-state index contributed by atoms with van der Waals surface area (Å²) in [4.78, 5) is 12.2. The Morgan fingerprint density at radius 1 is 1.73 bits per heavy atom. The predicted molar refractivity (Wildman–Crippen MR) is 62.1 cm³/mol. The molecule has 1 unspecified atom stereocenters. The number of nitrogens with one attached hydrogen (secondary N) is 1. The Morgan fingerprint density at radius 2 is 2.47 bits per heavy atom. The molecule has 5 heteroatoms. The summed E-state index contributed by atoms with van der Waals surface area (Å²) in [5.74, 6) is 0.200. The van der Waals surface area contributed by atoms with Crippen LogP contribution in [-0.4, -0.2) is 26.2 Å². The topological polar surface area (TPSA) is 64.3 Å². The van der Waals surface area contributed by atoms with Gasteiger partial charge in [-0.15, -0.1) is 11.3 Å². The van der Waals surface area contributed by atoms with E-state index in [1.165, 1.54) is 11.3 Å². The SMILES string of the molecule is COCC(C)CNC(=O)c1sccc1N. The normalized spacial score (nSPS) is 12.4. The van der Waals surface area contributed by atoms with Crippen molar-refractivity contribution in [3.63, 3.8) is 0 Å². The van der Waals surface area contributed by atoms with Gasteiger partial charge in [0, 0.05) is 13.7 Å². The van der Waals surface area contributed by atoms with E-state index < -0.39 is 0 Å². The number of nitrogen functional groups attached to an aromatic ring is 1. The summed E-state index contributed by atoms with van der Waals surface area (Å²) in [6, 6.07) is 1.73. The van der Waals surface area contributed by atoms with Crippen LogP contribution in [0.1, 0.15) is 16.6 Å². The van der Waals surface area contributed by atoms with Crippen LogP contribution in [0, 0.1) is 5.92 Å². The zero-order valence-electron chi connectivity index (χ0n) is 8.95. The molecule has 0 saturated heterocycles. The molecule has 0 aliphatic carbocycles. The lowest BCUT2D eigenvalue weighted by Crippen LogP contribution is -2.29. The number of rotatable bonds is 5. The molecule has 0 saturated carbocycles. The third kappa shape index (κ3) is 3.53. The van der Waals surface area contributed by atoms with Gasteiger partial charge in [0.2, 0.25) is 0 Å². The number of carbonyl (C=O) groups excluding carboxylic acids is 1. The number of ether oxygens (including phenoxy) is 1. The van der Waals surface area contributed by atoms with Gasteiger partial charge in [-0.2, -0.15) is 0 Å². The first-order chi connectivity index (χ1) is 7.15. The van der Waals surface area contributed by atoms with Crippen LogP contribution in [0.25, 0.3) is 0 Å². The number of amides is 1. The highest BCUT2D eigenvalue weighted by Gasteiger charge is 2.11. The third-order valence-electron chi connectivity index (χ3n) is 1.96. The number of thiophene rings is 1. The van der Waals surface area contributed by atoms with Crippen molar-refractivity contribution < 1.29 is 9.53 Å². The fourth-order valence-corrected chi connectivity index (χ4v) is 1.93. The van der Waals surface area contributed by atoms with Crippen molar-refractivity contribution >= 4 is 22.9 Å². The Kier molecular flexibility index (Phi) is 4.58. The van der Waals surface area contributed by atoms with Crippen LogP contribution in [0.4, 0.5) is 5.69 Å². The minimum absolute atomic E-state index is 0.106. The lowest BCUT2D eigenvalue weighted by atomic mass is 10.2. The van der Waals surface area contributed by atoms with Crippen molar-refractivity contribution in [1.29, 1.82) is 0 Å². The summed E-state index contributed by atoms with van der Waals surface area (Å²) in [7, 11) is 1.65. The first kappa shape index (κ1) is 12.0. The largest absolute Gasteiger partial charge is 0.397 e. The number of methoxy groups -OCH3 is 1. The van der Waals surface area contributed by atoms with Crippen LogP contribution in [0.2, 0.25) is 0 Å². The van der Waals surface area contributed by atoms with Crippen LogP contribution < -0.4 is 11.1 Å². The van der Waals surface area contributed by atoms with E-state index in [1.807, 2.05) is 12.3 Å². The van der Waals surface area contributed by atoms with Gasteiger partial charge in [0.05, 0.1) is 12.3 Å². The van der Waals surface area contributed by atoms with E-state index in [1.54, 1.807) is 13.2 Å². The molecule has 3 N–H and O–H groups in total. The van der Waals surface area contributed by atoms with Crippen LogP contribution in [0.5, 0.6) is 0 Å². The third-order valence-corrected chi connectivity index (χ3v) is 2.89. The number of hydrogen-bond acceptors (Lipinski definition) is 4. The molecule has 1 rings (SSSR count). The summed E-state index contributed by atoms with van der Waals surface area (Å²) in [6.07, 6.45) is 0. The zero-order valence-corrected chi connectivity index (χ0v) is 9.76. The Labute approximate surface area is 93.4 Å². The Hall–Kier alpha value is -1.07. The van der Waals surface area contributed by atoms with Crippen molar-refractivity contribution in [1.82, 2.24) is 5.32 Å². The quantitative estimate of drug-likeness (QED) is 0.799. The van der Waals surface area contributed by atoms with Gasteiger partial charge < -0.3 is 15.8 Å². The number of anilines is 1. The minimum atomic E-state index is -0.106. The molecular formula is C10H16N2O2S. The molecule has 15 heavy (non-hydrogen) atoms. The van der Waals surface area contributed by atoms with Crippen molar-refractivity contribution in [2.45, 2.75) is 6.92 Å². The molecule has 1 aromatic heterocycles. The molecule has 0 aliphatic heterocycles. The van der Waals surface area contributed by atoms with Crippen molar-refractivity contribution in [3.8, 4) is 0 Å². The highest BCUT2D eigenvalue weighted by atomic mass is 32.1. The van der Waals surface area contributed by atoms with E-state index >= 15 is 0 Å². The molecule has 1 heterocycles. The first-order valence-electron chi connectivity index (χ1n) is 4.75. The summed E-state index contributed by atoms with van der Waals surface area (Å²) < 4.78 is 4.98. The number of nitrogens with two attached hydrogens (primary N) is 1. The van der Waals surface area contributed by atoms with Crippen LogP contribution in [-0.2, 0) is 4.74 Å². The van der Waals surface area contributed by atoms with Crippen LogP contribution in [0.15, 0.2) is 11.4 Å². The van der Waals surface area contributed by atoms with Crippen molar-refractivity contribution in [2.24, 2.45) is 5.92 Å². The molecule has 1 aromatic rings. The standard InChI is InChI=1S/C10H16N2O2S/c1-7(6-14-2)5-12-10(13)9-8(11)3-4-15-9/h3-4,7H,5-6,11H2,1-2H3,(H,12,13). The summed E-state index contributed by atoms with van der Waals surface area (Å²) in [5.41, 5.74) is 6.17. The fraction of sp³-hybridized carbons (Fsp3) is 0.500. The molecule has 84 valence electrons. The monoisotopic (exact) mass is 228 g/mol. The molecule has 4 nitrogen and oxygen atoms in total. The number of hydrogen-bond donors (Lipinski definition) is 2. The second-order valence-electron chi connectivity index (χ2n) is 3.48. The van der Waals surface area contributed by atoms with Gasteiger partial charge in [-0.05, 0) is 17.4 Å². The van der Waals surface area contributed by atoms with E-state index in [4.69, 9.17) is 10.5 Å². The average molecular weight is 228 g/mol. The Bertz CT molecular complexity index is 325. The second-order valence-corrected chi connectivity index (χ2v) is 4.39. The van der Waals surface area contributed by atoms with E-state index in [0.29, 0.717) is 29.6 Å². The molecule has 1 atom stereocenters. The van der Waals surface area contributed by atoms with Crippen molar-refractivity contribution in [2.75, 3.05) is 26.0 Å². The molecule has 0 aliphatic rings. The van der Waals surface area contributed by atoms with E-state index in [2.05, 4.69) is 5.32 Å². The maximum absolute atomic E-state index is 11.6. The minimum Gasteiger partial charge on any atom is -0.397 e. The lowest BCUT2D eigenvalue weighted by molar-refractivity contribution is 0.0939. The second kappa shape index (κ2) is 5.72. The van der Waals surface area contributed by atoms with Gasteiger partial charge in [-0.1, -0.05) is 6.92 Å². The highest BCUT2D eigenvalue weighted by Crippen LogP contribution is 2.18. The summed E-state index contributed by atoms with van der Waals surface area (Å²) in [6.45, 7) is 3.26. The number of carbonyl (C=O) groups is 1. The Morgan fingerprint density at radius 3 is 3.00 bits per heavy atom. The van der Waals surface area contributed by atoms with Gasteiger partial charge >= 0.3 is 0 Å². The van der Waals surface area contributed by atoms with Gasteiger partial charge in [-0.3, -0.25) is 4.79 Å². The average Bonchev–Trinajstić information content (AvgIpc) is 2.61. The summed E-state index contributed by atoms with van der Waals surface area (Å²) >= 11 is 1.35.